The van der Waals surface area contributed by atoms with Crippen LogP contribution in [0.4, 0.5) is 17.6 Å². The van der Waals surface area contributed by atoms with Crippen molar-refractivity contribution in [2.24, 2.45) is 0 Å². The number of hydrogen-bond donors (Lipinski definition) is 1. The summed E-state index contributed by atoms with van der Waals surface area (Å²) in [5.74, 6) is -2.29. The molecule has 0 aliphatic rings. The summed E-state index contributed by atoms with van der Waals surface area (Å²) in [4.78, 5) is 0. The molecule has 0 saturated carbocycles. The van der Waals surface area contributed by atoms with E-state index >= 15 is 0 Å². The zero-order chi connectivity index (χ0) is 10.9. The summed E-state index contributed by atoms with van der Waals surface area (Å²) in [7, 11) is 0. The average Bonchev–Trinajstić information content (AvgIpc) is 2.12. The van der Waals surface area contributed by atoms with E-state index in [4.69, 9.17) is 5.11 Å². The topological polar surface area (TPSA) is 20.2 Å². The van der Waals surface area contributed by atoms with Crippen molar-refractivity contribution in [1.29, 1.82) is 0 Å². The van der Waals surface area contributed by atoms with Gasteiger partial charge in [0.15, 0.2) is 0 Å². The van der Waals surface area contributed by atoms with Gasteiger partial charge in [0.25, 0.3) is 6.43 Å². The molecule has 0 fully saturated rings. The van der Waals surface area contributed by atoms with Crippen LogP contribution in [0.3, 0.4) is 0 Å². The van der Waals surface area contributed by atoms with Crippen LogP contribution in [0.1, 0.15) is 17.2 Å². The molecule has 0 radical (unpaired) electrons. The number of hydrogen-bond acceptors (Lipinski definition) is 1. The van der Waals surface area contributed by atoms with E-state index in [1.807, 2.05) is 0 Å². The maximum Gasteiger partial charge on any atom is 0.268 e. The second-order valence-corrected chi connectivity index (χ2v) is 2.87. The summed E-state index contributed by atoms with van der Waals surface area (Å²) >= 11 is 0. The number of aliphatic hydroxyl groups is 1. The first-order chi connectivity index (χ1) is 6.45. The lowest BCUT2D eigenvalue weighted by Crippen LogP contribution is -2.13. The van der Waals surface area contributed by atoms with Gasteiger partial charge in [-0.3, -0.25) is 0 Å². The van der Waals surface area contributed by atoms with Crippen molar-refractivity contribution in [3.8, 4) is 0 Å². The lowest BCUT2D eigenvalue weighted by molar-refractivity contribution is -0.00983. The van der Waals surface area contributed by atoms with Crippen LogP contribution in [-0.4, -0.2) is 11.5 Å². The number of rotatable bonds is 2. The van der Waals surface area contributed by atoms with Crippen molar-refractivity contribution < 1.29 is 22.7 Å². The van der Waals surface area contributed by atoms with Crippen molar-refractivity contribution in [1.82, 2.24) is 0 Å². The van der Waals surface area contributed by atoms with E-state index in [0.29, 0.717) is 0 Å². The minimum atomic E-state index is -3.21. The predicted molar refractivity (Wildman–Crippen MR) is 42.1 cm³/mol. The molecule has 0 aliphatic carbocycles. The highest BCUT2D eigenvalue weighted by molar-refractivity contribution is 5.28. The molecule has 0 saturated heterocycles. The largest absolute Gasteiger partial charge is 0.382 e. The fraction of sp³-hybridized carbons (Fsp3) is 0.333. The number of aliphatic hydroxyl groups excluding tert-OH is 1. The number of alkyl halides is 2. The Kier molecular flexibility index (Phi) is 3.10. The smallest absolute Gasteiger partial charge is 0.268 e. The average molecular weight is 208 g/mol. The van der Waals surface area contributed by atoms with Gasteiger partial charge in [0.05, 0.1) is 5.56 Å². The van der Waals surface area contributed by atoms with Gasteiger partial charge in [0, 0.05) is 0 Å². The molecule has 0 amide bonds. The van der Waals surface area contributed by atoms with E-state index in [1.54, 1.807) is 0 Å². The molecule has 1 unspecified atom stereocenters. The van der Waals surface area contributed by atoms with Crippen LogP contribution < -0.4 is 0 Å². The molecule has 78 valence electrons. The molecule has 5 heteroatoms. The predicted octanol–water partition coefficient (Wildman–Crippen LogP) is 2.57. The molecule has 1 aromatic carbocycles. The SMILES string of the molecule is Cc1ccc(F)c(C(O)C(F)F)c1F. The van der Waals surface area contributed by atoms with Crippen LogP contribution >= 0.6 is 0 Å². The van der Waals surface area contributed by atoms with E-state index < -0.39 is 29.7 Å². The Morgan fingerprint density at radius 2 is 1.79 bits per heavy atom. The van der Waals surface area contributed by atoms with Gasteiger partial charge in [0.1, 0.15) is 17.7 Å². The van der Waals surface area contributed by atoms with Gasteiger partial charge >= 0.3 is 0 Å². The number of halogens is 4. The van der Waals surface area contributed by atoms with Gasteiger partial charge in [-0.25, -0.2) is 17.6 Å². The van der Waals surface area contributed by atoms with Gasteiger partial charge in [-0.05, 0) is 18.6 Å². The fourth-order valence-corrected chi connectivity index (χ4v) is 1.08. The second-order valence-electron chi connectivity index (χ2n) is 2.87. The third-order valence-electron chi connectivity index (χ3n) is 1.85. The summed E-state index contributed by atoms with van der Waals surface area (Å²) in [5, 5.41) is 8.85. The molecule has 1 rings (SSSR count). The minimum Gasteiger partial charge on any atom is -0.382 e. The summed E-state index contributed by atoms with van der Waals surface area (Å²) in [6, 6.07) is 1.96. The lowest BCUT2D eigenvalue weighted by Gasteiger charge is -2.12. The normalized spacial score (nSPS) is 13.4. The third kappa shape index (κ3) is 1.87. The Hall–Kier alpha value is -1.10. The van der Waals surface area contributed by atoms with Crippen LogP contribution in [0.15, 0.2) is 12.1 Å². The molecule has 0 aromatic heterocycles. The number of benzene rings is 1. The molecule has 1 aromatic rings. The molecule has 1 atom stereocenters. The first-order valence-corrected chi connectivity index (χ1v) is 3.86. The zero-order valence-electron chi connectivity index (χ0n) is 7.27. The van der Waals surface area contributed by atoms with Crippen LogP contribution in [0.5, 0.6) is 0 Å². The summed E-state index contributed by atoms with van der Waals surface area (Å²) < 4.78 is 50.1. The maximum atomic E-state index is 13.1. The van der Waals surface area contributed by atoms with Gasteiger partial charge in [-0.1, -0.05) is 6.07 Å². The van der Waals surface area contributed by atoms with E-state index in [1.165, 1.54) is 6.92 Å². The van der Waals surface area contributed by atoms with Gasteiger partial charge in [0.2, 0.25) is 0 Å². The second kappa shape index (κ2) is 3.96. The van der Waals surface area contributed by atoms with Crippen molar-refractivity contribution in [3.63, 3.8) is 0 Å². The van der Waals surface area contributed by atoms with Crippen LogP contribution in [-0.2, 0) is 0 Å². The van der Waals surface area contributed by atoms with Crippen molar-refractivity contribution in [2.75, 3.05) is 0 Å². The Bertz CT molecular complexity index is 338. The highest BCUT2D eigenvalue weighted by atomic mass is 19.3. The van der Waals surface area contributed by atoms with Crippen molar-refractivity contribution in [2.45, 2.75) is 19.5 Å². The molecule has 14 heavy (non-hydrogen) atoms. The summed E-state index contributed by atoms with van der Waals surface area (Å²) in [6.45, 7) is 1.30. The van der Waals surface area contributed by atoms with Crippen molar-refractivity contribution in [3.05, 3.63) is 34.9 Å². The standard InChI is InChI=1S/C9H8F4O/c1-4-2-3-5(10)6(7(4)11)8(14)9(12)13/h2-3,8-9,14H,1H3. The lowest BCUT2D eigenvalue weighted by atomic mass is 10.1. The maximum absolute atomic E-state index is 13.1. The molecule has 0 spiro atoms. The summed E-state index contributed by atoms with van der Waals surface area (Å²) in [6.07, 6.45) is -5.63. The monoisotopic (exact) mass is 208 g/mol. The molecule has 1 N–H and O–H groups in total. The van der Waals surface area contributed by atoms with Gasteiger partial charge in [-0.15, -0.1) is 0 Å². The molecule has 0 bridgehead atoms. The van der Waals surface area contributed by atoms with Crippen LogP contribution in [0.25, 0.3) is 0 Å². The van der Waals surface area contributed by atoms with Crippen LogP contribution in [0.2, 0.25) is 0 Å². The third-order valence-corrected chi connectivity index (χ3v) is 1.85. The fourth-order valence-electron chi connectivity index (χ4n) is 1.08. The van der Waals surface area contributed by atoms with Crippen molar-refractivity contribution >= 4 is 0 Å². The van der Waals surface area contributed by atoms with Crippen LogP contribution in [0, 0.1) is 18.6 Å². The zero-order valence-corrected chi connectivity index (χ0v) is 7.27. The van der Waals surface area contributed by atoms with E-state index in [2.05, 4.69) is 0 Å². The molecule has 0 heterocycles. The highest BCUT2D eigenvalue weighted by Crippen LogP contribution is 2.27. The first-order valence-electron chi connectivity index (χ1n) is 3.86. The highest BCUT2D eigenvalue weighted by Gasteiger charge is 2.26. The summed E-state index contributed by atoms with van der Waals surface area (Å²) in [5.41, 5.74) is -0.957. The Morgan fingerprint density at radius 3 is 2.29 bits per heavy atom. The Morgan fingerprint density at radius 1 is 1.21 bits per heavy atom. The Labute approximate surface area is 78.0 Å². The van der Waals surface area contributed by atoms with E-state index in [9.17, 15) is 17.6 Å². The molecule has 1 nitrogen and oxygen atoms in total. The van der Waals surface area contributed by atoms with Gasteiger partial charge < -0.3 is 5.11 Å². The Balaban J connectivity index is 3.25. The van der Waals surface area contributed by atoms with Gasteiger partial charge in [-0.2, -0.15) is 0 Å². The molecular formula is C9H8F4O. The quantitative estimate of drug-likeness (QED) is 0.740. The molecular weight excluding hydrogens is 200 g/mol. The van der Waals surface area contributed by atoms with E-state index in [0.717, 1.165) is 12.1 Å². The minimum absolute atomic E-state index is 0.0149. The number of aryl methyl sites for hydroxylation is 1. The molecule has 0 aliphatic heterocycles. The van der Waals surface area contributed by atoms with E-state index in [-0.39, 0.29) is 5.56 Å². The first kappa shape index (κ1) is 11.0.